The van der Waals surface area contributed by atoms with Gasteiger partial charge in [0.05, 0.1) is 0 Å². The van der Waals surface area contributed by atoms with Gasteiger partial charge >= 0.3 is 0 Å². The van der Waals surface area contributed by atoms with Crippen molar-refractivity contribution < 1.29 is 4.79 Å². The van der Waals surface area contributed by atoms with Crippen LogP contribution in [0, 0.1) is 5.92 Å². The molecule has 1 atom stereocenters. The number of carbonyl (C=O) groups excluding carboxylic acids is 1. The molecule has 1 unspecified atom stereocenters. The van der Waals surface area contributed by atoms with Crippen molar-refractivity contribution in [2.24, 2.45) is 5.92 Å². The van der Waals surface area contributed by atoms with E-state index in [9.17, 15) is 4.79 Å². The number of carbonyl (C=O) groups is 1. The van der Waals surface area contributed by atoms with E-state index in [4.69, 9.17) is 0 Å². The fourth-order valence-corrected chi connectivity index (χ4v) is 1.60. The standard InChI is InChI=1S/C14H26O/c1-3-4-5-6-7-8-9-10-11-14(2)12-13-15/h10-11,13-14H,3-9,12H2,1-2H3. The van der Waals surface area contributed by atoms with Gasteiger partial charge in [0.1, 0.15) is 6.29 Å². The quantitative estimate of drug-likeness (QED) is 0.294. The molecule has 0 aliphatic heterocycles. The van der Waals surface area contributed by atoms with Crippen molar-refractivity contribution in [1.82, 2.24) is 0 Å². The Hall–Kier alpha value is -0.590. The van der Waals surface area contributed by atoms with Crippen LogP contribution in [0.25, 0.3) is 0 Å². The van der Waals surface area contributed by atoms with E-state index in [0.29, 0.717) is 12.3 Å². The van der Waals surface area contributed by atoms with Gasteiger partial charge in [-0.15, -0.1) is 0 Å². The first-order chi connectivity index (χ1) is 7.31. The third kappa shape index (κ3) is 11.3. The monoisotopic (exact) mass is 210 g/mol. The first kappa shape index (κ1) is 14.4. The Balaban J connectivity index is 3.19. The molecule has 0 aromatic carbocycles. The fraction of sp³-hybridized carbons (Fsp3) is 0.786. The van der Waals surface area contributed by atoms with Gasteiger partial charge in [-0.25, -0.2) is 0 Å². The summed E-state index contributed by atoms with van der Waals surface area (Å²) in [5.74, 6) is 0.419. The maximum Gasteiger partial charge on any atom is 0.120 e. The molecule has 0 heterocycles. The van der Waals surface area contributed by atoms with Crippen LogP contribution in [0.4, 0.5) is 0 Å². The lowest BCUT2D eigenvalue weighted by molar-refractivity contribution is -0.108. The van der Waals surface area contributed by atoms with Crippen LogP contribution < -0.4 is 0 Å². The predicted molar refractivity (Wildman–Crippen MR) is 67.0 cm³/mol. The second-order valence-electron chi connectivity index (χ2n) is 4.36. The van der Waals surface area contributed by atoms with E-state index in [1.807, 2.05) is 0 Å². The topological polar surface area (TPSA) is 17.1 Å². The maximum absolute atomic E-state index is 10.2. The molecule has 0 radical (unpaired) electrons. The van der Waals surface area contributed by atoms with Crippen molar-refractivity contribution in [2.75, 3.05) is 0 Å². The number of allylic oxidation sites excluding steroid dienone is 2. The van der Waals surface area contributed by atoms with Gasteiger partial charge in [-0.2, -0.15) is 0 Å². The molecular weight excluding hydrogens is 184 g/mol. The Kier molecular flexibility index (Phi) is 11.0. The summed E-state index contributed by atoms with van der Waals surface area (Å²) in [6.07, 6.45) is 15.4. The van der Waals surface area contributed by atoms with Gasteiger partial charge in [-0.05, 0) is 18.8 Å². The highest BCUT2D eigenvalue weighted by Gasteiger charge is 1.93. The van der Waals surface area contributed by atoms with E-state index in [-0.39, 0.29) is 0 Å². The van der Waals surface area contributed by atoms with Gasteiger partial charge in [0.2, 0.25) is 0 Å². The molecule has 0 bridgehead atoms. The van der Waals surface area contributed by atoms with Crippen molar-refractivity contribution in [3.8, 4) is 0 Å². The number of hydrogen-bond donors (Lipinski definition) is 0. The van der Waals surface area contributed by atoms with E-state index < -0.39 is 0 Å². The zero-order chi connectivity index (χ0) is 11.4. The van der Waals surface area contributed by atoms with Crippen molar-refractivity contribution in [2.45, 2.75) is 65.2 Å². The van der Waals surface area contributed by atoms with Crippen LogP contribution >= 0.6 is 0 Å². The summed E-state index contributed by atoms with van der Waals surface area (Å²) in [4.78, 5) is 10.2. The second-order valence-corrected chi connectivity index (χ2v) is 4.36. The minimum Gasteiger partial charge on any atom is -0.303 e. The summed E-state index contributed by atoms with van der Waals surface area (Å²) in [6, 6.07) is 0. The van der Waals surface area contributed by atoms with Crippen LogP contribution in [-0.2, 0) is 4.79 Å². The summed E-state index contributed by atoms with van der Waals surface area (Å²) < 4.78 is 0. The Labute approximate surface area is 95.0 Å². The highest BCUT2D eigenvalue weighted by molar-refractivity contribution is 5.50. The molecule has 0 saturated heterocycles. The number of aldehydes is 1. The van der Waals surface area contributed by atoms with Crippen molar-refractivity contribution in [1.29, 1.82) is 0 Å². The Bertz CT molecular complexity index is 161. The summed E-state index contributed by atoms with van der Waals surface area (Å²) >= 11 is 0. The zero-order valence-corrected chi connectivity index (χ0v) is 10.4. The molecule has 1 heteroatoms. The van der Waals surface area contributed by atoms with Gasteiger partial charge in [0.15, 0.2) is 0 Å². The normalized spacial score (nSPS) is 13.2. The van der Waals surface area contributed by atoms with Gasteiger partial charge in [-0.3, -0.25) is 0 Å². The maximum atomic E-state index is 10.2. The zero-order valence-electron chi connectivity index (χ0n) is 10.4. The van der Waals surface area contributed by atoms with E-state index in [1.165, 1.54) is 44.9 Å². The Morgan fingerprint density at radius 3 is 2.40 bits per heavy atom. The molecule has 0 fully saturated rings. The summed E-state index contributed by atoms with van der Waals surface area (Å²) in [6.45, 7) is 4.34. The molecule has 0 spiro atoms. The van der Waals surface area contributed by atoms with Gasteiger partial charge < -0.3 is 4.79 Å². The smallest absolute Gasteiger partial charge is 0.120 e. The molecule has 0 aromatic rings. The molecule has 0 aliphatic carbocycles. The molecule has 88 valence electrons. The third-order valence-corrected chi connectivity index (χ3v) is 2.66. The predicted octanol–water partition coefficient (Wildman–Crippen LogP) is 4.52. The second kappa shape index (κ2) is 11.5. The fourth-order valence-electron chi connectivity index (χ4n) is 1.60. The lowest BCUT2D eigenvalue weighted by Crippen LogP contribution is -1.89. The van der Waals surface area contributed by atoms with Crippen LogP contribution in [0.3, 0.4) is 0 Å². The van der Waals surface area contributed by atoms with Crippen LogP contribution in [0.2, 0.25) is 0 Å². The average Bonchev–Trinajstić information content (AvgIpc) is 2.22. The lowest BCUT2D eigenvalue weighted by Gasteiger charge is -2.00. The lowest BCUT2D eigenvalue weighted by atomic mass is 10.1. The largest absolute Gasteiger partial charge is 0.303 e. The van der Waals surface area contributed by atoms with Crippen LogP contribution in [0.5, 0.6) is 0 Å². The third-order valence-electron chi connectivity index (χ3n) is 2.66. The summed E-state index contributed by atoms with van der Waals surface area (Å²) in [5.41, 5.74) is 0. The molecule has 0 amide bonds. The molecule has 0 N–H and O–H groups in total. The van der Waals surface area contributed by atoms with Crippen molar-refractivity contribution in [3.63, 3.8) is 0 Å². The first-order valence-corrected chi connectivity index (χ1v) is 6.41. The van der Waals surface area contributed by atoms with E-state index in [2.05, 4.69) is 26.0 Å². The number of unbranched alkanes of at least 4 members (excludes halogenated alkanes) is 6. The summed E-state index contributed by atoms with van der Waals surface area (Å²) in [7, 11) is 0. The van der Waals surface area contributed by atoms with E-state index in [1.54, 1.807) is 0 Å². The molecule has 1 nitrogen and oxygen atoms in total. The molecule has 0 aliphatic rings. The highest BCUT2D eigenvalue weighted by atomic mass is 16.1. The molecule has 0 aromatic heterocycles. The van der Waals surface area contributed by atoms with E-state index in [0.717, 1.165) is 6.29 Å². The Morgan fingerprint density at radius 2 is 1.73 bits per heavy atom. The van der Waals surface area contributed by atoms with Gasteiger partial charge in [-0.1, -0.05) is 58.1 Å². The summed E-state index contributed by atoms with van der Waals surface area (Å²) in [5, 5.41) is 0. The minimum absolute atomic E-state index is 0.419. The molecule has 0 saturated carbocycles. The van der Waals surface area contributed by atoms with Crippen LogP contribution in [0.15, 0.2) is 12.2 Å². The minimum atomic E-state index is 0.419. The average molecular weight is 210 g/mol. The molecular formula is C14H26O. The molecule has 15 heavy (non-hydrogen) atoms. The number of rotatable bonds is 10. The Morgan fingerprint density at radius 1 is 1.07 bits per heavy atom. The first-order valence-electron chi connectivity index (χ1n) is 6.41. The van der Waals surface area contributed by atoms with Crippen molar-refractivity contribution in [3.05, 3.63) is 12.2 Å². The van der Waals surface area contributed by atoms with Crippen LogP contribution in [0.1, 0.15) is 65.2 Å². The van der Waals surface area contributed by atoms with E-state index >= 15 is 0 Å². The van der Waals surface area contributed by atoms with Crippen LogP contribution in [-0.4, -0.2) is 6.29 Å². The van der Waals surface area contributed by atoms with Gasteiger partial charge in [0.25, 0.3) is 0 Å². The highest BCUT2D eigenvalue weighted by Crippen LogP contribution is 2.08. The SMILES string of the molecule is CCCCCCCCC=CC(C)CC=O. The van der Waals surface area contributed by atoms with Crippen molar-refractivity contribution >= 4 is 6.29 Å². The molecule has 0 rings (SSSR count). The number of hydrogen-bond acceptors (Lipinski definition) is 1. The van der Waals surface area contributed by atoms with Gasteiger partial charge in [0, 0.05) is 6.42 Å².